The lowest BCUT2D eigenvalue weighted by Crippen LogP contribution is -2.48. The van der Waals surface area contributed by atoms with Crippen LogP contribution in [0.4, 0.5) is 0 Å². The largest absolute Gasteiger partial charge is 0.340 e. The van der Waals surface area contributed by atoms with Gasteiger partial charge in [0.25, 0.3) is 0 Å². The van der Waals surface area contributed by atoms with E-state index in [1.807, 2.05) is 4.90 Å². The van der Waals surface area contributed by atoms with E-state index in [1.165, 1.54) is 12.8 Å². The number of aryl methyl sites for hydroxylation is 1. The number of carbonyl (C=O) groups excluding carboxylic acids is 2. The average Bonchev–Trinajstić information content (AvgIpc) is 3.26. The molecule has 0 spiro atoms. The number of hydrogen-bond acceptors (Lipinski definition) is 4. The summed E-state index contributed by atoms with van der Waals surface area (Å²) in [6, 6.07) is 0.125. The van der Waals surface area contributed by atoms with Crippen molar-refractivity contribution in [2.24, 2.45) is 11.8 Å². The predicted octanol–water partition coefficient (Wildman–Crippen LogP) is 1.16. The van der Waals surface area contributed by atoms with Crippen molar-refractivity contribution in [3.05, 3.63) is 12.7 Å². The summed E-state index contributed by atoms with van der Waals surface area (Å²) >= 11 is 0. The molecule has 7 nitrogen and oxygen atoms in total. The Kier molecular flexibility index (Phi) is 5.16. The van der Waals surface area contributed by atoms with E-state index in [-0.39, 0.29) is 17.9 Å². The van der Waals surface area contributed by atoms with Crippen LogP contribution < -0.4 is 0 Å². The van der Waals surface area contributed by atoms with E-state index in [0.29, 0.717) is 44.3 Å². The molecule has 0 bridgehead atoms. The summed E-state index contributed by atoms with van der Waals surface area (Å²) in [5.74, 6) is 1.33. The Morgan fingerprint density at radius 2 is 2.00 bits per heavy atom. The lowest BCUT2D eigenvalue weighted by Gasteiger charge is -2.34. The zero-order valence-corrected chi connectivity index (χ0v) is 14.6. The first-order valence-electron chi connectivity index (χ1n) is 8.94. The third-order valence-electron chi connectivity index (χ3n) is 5.05. The van der Waals surface area contributed by atoms with Crippen molar-refractivity contribution >= 4 is 11.8 Å². The number of carbonyl (C=O) groups is 2. The summed E-state index contributed by atoms with van der Waals surface area (Å²) in [5.41, 5.74) is 0. The molecule has 2 heterocycles. The molecule has 1 saturated carbocycles. The van der Waals surface area contributed by atoms with Crippen molar-refractivity contribution in [2.45, 2.75) is 52.1 Å². The Hall–Kier alpha value is -1.92. The second-order valence-electron chi connectivity index (χ2n) is 7.34. The molecule has 7 heteroatoms. The van der Waals surface area contributed by atoms with Crippen molar-refractivity contribution in [1.82, 2.24) is 24.6 Å². The molecular formula is C17H27N5O2. The van der Waals surface area contributed by atoms with E-state index < -0.39 is 0 Å². The smallest absolute Gasteiger partial charge is 0.224 e. The molecule has 1 atom stereocenters. The molecule has 1 saturated heterocycles. The number of nitrogens with zero attached hydrogens (tertiary/aromatic N) is 5. The van der Waals surface area contributed by atoms with Gasteiger partial charge in [-0.1, -0.05) is 13.8 Å². The SMILES string of the molecule is CC(C)[C@H]1CN(C(=O)CCn2cnnc2)CCC(=O)N1CC1CC1. The van der Waals surface area contributed by atoms with Crippen molar-refractivity contribution in [3.8, 4) is 0 Å². The van der Waals surface area contributed by atoms with Gasteiger partial charge in [-0.3, -0.25) is 9.59 Å². The van der Waals surface area contributed by atoms with Gasteiger partial charge in [-0.25, -0.2) is 0 Å². The lowest BCUT2D eigenvalue weighted by molar-refractivity contribution is -0.134. The highest BCUT2D eigenvalue weighted by Crippen LogP contribution is 2.32. The summed E-state index contributed by atoms with van der Waals surface area (Å²) in [7, 11) is 0. The van der Waals surface area contributed by atoms with E-state index in [9.17, 15) is 9.59 Å². The monoisotopic (exact) mass is 333 g/mol. The van der Waals surface area contributed by atoms with E-state index in [2.05, 4.69) is 28.9 Å². The Morgan fingerprint density at radius 1 is 1.29 bits per heavy atom. The summed E-state index contributed by atoms with van der Waals surface area (Å²) in [6.07, 6.45) is 6.56. The average molecular weight is 333 g/mol. The number of aromatic nitrogens is 3. The molecule has 1 aromatic rings. The van der Waals surface area contributed by atoms with Gasteiger partial charge in [0.05, 0.1) is 6.04 Å². The predicted molar refractivity (Wildman–Crippen MR) is 88.9 cm³/mol. The highest BCUT2D eigenvalue weighted by Gasteiger charge is 2.36. The fourth-order valence-electron chi connectivity index (χ4n) is 3.31. The Bertz CT molecular complexity index is 568. The first kappa shape index (κ1) is 16.9. The molecule has 3 rings (SSSR count). The first-order chi connectivity index (χ1) is 11.5. The van der Waals surface area contributed by atoms with Crippen molar-refractivity contribution < 1.29 is 9.59 Å². The van der Waals surface area contributed by atoms with Crippen LogP contribution >= 0.6 is 0 Å². The summed E-state index contributed by atoms with van der Waals surface area (Å²) in [4.78, 5) is 29.1. The molecule has 24 heavy (non-hydrogen) atoms. The van der Waals surface area contributed by atoms with Crippen LogP contribution in [0.15, 0.2) is 12.7 Å². The Balaban J connectivity index is 1.63. The van der Waals surface area contributed by atoms with Crippen molar-refractivity contribution in [1.29, 1.82) is 0 Å². The first-order valence-corrected chi connectivity index (χ1v) is 8.94. The standard InChI is InChI=1S/C17H27N5O2/c1-13(2)15-10-21(16(23)5-7-20-11-18-19-12-20)8-6-17(24)22(15)9-14-3-4-14/h11-15H,3-10H2,1-2H3/t15-/m1/s1. The molecule has 2 fully saturated rings. The van der Waals surface area contributed by atoms with Crippen LogP contribution in [-0.4, -0.2) is 62.1 Å². The molecule has 0 N–H and O–H groups in total. The zero-order valence-electron chi connectivity index (χ0n) is 14.6. The Morgan fingerprint density at radius 3 is 2.62 bits per heavy atom. The van der Waals surface area contributed by atoms with Crippen LogP contribution in [0.1, 0.15) is 39.5 Å². The van der Waals surface area contributed by atoms with Gasteiger partial charge in [0.15, 0.2) is 0 Å². The lowest BCUT2D eigenvalue weighted by atomic mass is 10.0. The number of amides is 2. The highest BCUT2D eigenvalue weighted by atomic mass is 16.2. The minimum absolute atomic E-state index is 0.107. The van der Waals surface area contributed by atoms with E-state index in [0.717, 1.165) is 6.54 Å². The van der Waals surface area contributed by atoms with Gasteiger partial charge in [-0.05, 0) is 24.7 Å². The Labute approximate surface area is 143 Å². The van der Waals surface area contributed by atoms with Crippen LogP contribution in [0.5, 0.6) is 0 Å². The van der Waals surface area contributed by atoms with E-state index in [4.69, 9.17) is 0 Å². The molecular weight excluding hydrogens is 306 g/mol. The van der Waals surface area contributed by atoms with Crippen LogP contribution in [0.3, 0.4) is 0 Å². The molecule has 132 valence electrons. The van der Waals surface area contributed by atoms with Gasteiger partial charge in [0.2, 0.25) is 11.8 Å². The van der Waals surface area contributed by atoms with Gasteiger partial charge >= 0.3 is 0 Å². The molecule has 1 aliphatic heterocycles. The van der Waals surface area contributed by atoms with Crippen LogP contribution in [0, 0.1) is 11.8 Å². The maximum Gasteiger partial charge on any atom is 0.224 e. The van der Waals surface area contributed by atoms with Gasteiger partial charge in [-0.2, -0.15) is 0 Å². The normalized spacial score (nSPS) is 22.1. The van der Waals surface area contributed by atoms with Gasteiger partial charge in [0, 0.05) is 39.0 Å². The maximum absolute atomic E-state index is 12.6. The summed E-state index contributed by atoms with van der Waals surface area (Å²) < 4.78 is 1.81. The maximum atomic E-state index is 12.6. The van der Waals surface area contributed by atoms with Crippen LogP contribution in [0.2, 0.25) is 0 Å². The second-order valence-corrected chi connectivity index (χ2v) is 7.34. The molecule has 2 aliphatic rings. The van der Waals surface area contributed by atoms with E-state index in [1.54, 1.807) is 17.2 Å². The molecule has 0 aromatic carbocycles. The van der Waals surface area contributed by atoms with Crippen LogP contribution in [0.25, 0.3) is 0 Å². The third kappa shape index (κ3) is 4.13. The fraction of sp³-hybridized carbons (Fsp3) is 0.765. The number of rotatable bonds is 6. The van der Waals surface area contributed by atoms with Gasteiger partial charge in [0.1, 0.15) is 12.7 Å². The highest BCUT2D eigenvalue weighted by molar-refractivity contribution is 5.80. The number of hydrogen-bond donors (Lipinski definition) is 0. The zero-order chi connectivity index (χ0) is 17.1. The van der Waals surface area contributed by atoms with E-state index >= 15 is 0 Å². The van der Waals surface area contributed by atoms with Gasteiger partial charge < -0.3 is 14.4 Å². The summed E-state index contributed by atoms with van der Waals surface area (Å²) in [6.45, 7) is 6.91. The molecule has 1 aromatic heterocycles. The molecule has 2 amide bonds. The minimum Gasteiger partial charge on any atom is -0.340 e. The van der Waals surface area contributed by atoms with Crippen LogP contribution in [-0.2, 0) is 16.1 Å². The quantitative estimate of drug-likeness (QED) is 0.783. The molecule has 0 radical (unpaired) electrons. The minimum atomic E-state index is 0.107. The summed E-state index contributed by atoms with van der Waals surface area (Å²) in [5, 5.41) is 7.51. The fourth-order valence-corrected chi connectivity index (χ4v) is 3.31. The molecule has 1 aliphatic carbocycles. The van der Waals surface area contributed by atoms with Crippen molar-refractivity contribution in [3.63, 3.8) is 0 Å². The molecule has 0 unspecified atom stereocenters. The van der Waals surface area contributed by atoms with Crippen molar-refractivity contribution in [2.75, 3.05) is 19.6 Å². The topological polar surface area (TPSA) is 71.3 Å². The third-order valence-corrected chi connectivity index (χ3v) is 5.05. The second kappa shape index (κ2) is 7.32. The van der Waals surface area contributed by atoms with Gasteiger partial charge in [-0.15, -0.1) is 10.2 Å².